The Morgan fingerprint density at radius 3 is 2.44 bits per heavy atom. The molecule has 134 valence electrons. The minimum atomic E-state index is -2.95. The topological polar surface area (TPSA) is 47.6 Å². The van der Waals surface area contributed by atoms with Crippen LogP contribution in [0.15, 0.2) is 48.5 Å². The SMILES string of the molecule is CCC(NC(=O)COc1ccc(F)cc1)c1ccccc1OC(F)F. The summed E-state index contributed by atoms with van der Waals surface area (Å²) < 4.78 is 47.6. The molecule has 1 amide bonds. The molecule has 25 heavy (non-hydrogen) atoms. The maximum Gasteiger partial charge on any atom is 0.387 e. The van der Waals surface area contributed by atoms with Gasteiger partial charge in [-0.2, -0.15) is 8.78 Å². The minimum absolute atomic E-state index is 0.0177. The van der Waals surface area contributed by atoms with E-state index in [0.29, 0.717) is 17.7 Å². The summed E-state index contributed by atoms with van der Waals surface area (Å²) >= 11 is 0. The summed E-state index contributed by atoms with van der Waals surface area (Å²) in [5.74, 6) is -0.461. The maximum atomic E-state index is 12.8. The number of rotatable bonds is 8. The fraction of sp³-hybridized carbons (Fsp3) is 0.278. The number of ether oxygens (including phenoxy) is 2. The summed E-state index contributed by atoms with van der Waals surface area (Å²) in [6.45, 7) is -1.42. The number of amides is 1. The highest BCUT2D eigenvalue weighted by molar-refractivity contribution is 5.78. The standard InChI is InChI=1S/C18H18F3NO3/c1-2-15(14-5-3-4-6-16(14)25-18(20)21)22-17(23)11-24-13-9-7-12(19)8-10-13/h3-10,15,18H,2,11H2,1H3,(H,22,23). The van der Waals surface area contributed by atoms with Gasteiger partial charge in [0.15, 0.2) is 6.61 Å². The lowest BCUT2D eigenvalue weighted by Gasteiger charge is -2.20. The van der Waals surface area contributed by atoms with Crippen molar-refractivity contribution in [3.8, 4) is 11.5 Å². The molecule has 7 heteroatoms. The number of hydrogen-bond donors (Lipinski definition) is 1. The third-order valence-corrected chi connectivity index (χ3v) is 3.44. The molecule has 0 fully saturated rings. The van der Waals surface area contributed by atoms with Crippen LogP contribution in [-0.2, 0) is 4.79 Å². The maximum absolute atomic E-state index is 12.8. The number of alkyl halides is 2. The highest BCUT2D eigenvalue weighted by Gasteiger charge is 2.19. The third-order valence-electron chi connectivity index (χ3n) is 3.44. The zero-order valence-electron chi connectivity index (χ0n) is 13.5. The molecular formula is C18H18F3NO3. The Balaban J connectivity index is 1.99. The van der Waals surface area contributed by atoms with E-state index in [0.717, 1.165) is 0 Å². The molecule has 0 aliphatic carbocycles. The van der Waals surface area contributed by atoms with E-state index in [1.165, 1.54) is 30.3 Å². The molecule has 0 aromatic heterocycles. The van der Waals surface area contributed by atoms with Gasteiger partial charge < -0.3 is 14.8 Å². The number of halogens is 3. The first-order valence-electron chi connectivity index (χ1n) is 7.71. The predicted octanol–water partition coefficient (Wildman–Crippen LogP) is 4.07. The van der Waals surface area contributed by atoms with Crippen molar-refractivity contribution in [2.75, 3.05) is 6.61 Å². The molecule has 1 unspecified atom stereocenters. The molecule has 0 spiro atoms. The molecular weight excluding hydrogens is 335 g/mol. The van der Waals surface area contributed by atoms with Crippen molar-refractivity contribution in [1.29, 1.82) is 0 Å². The van der Waals surface area contributed by atoms with Crippen molar-refractivity contribution in [2.24, 2.45) is 0 Å². The molecule has 2 rings (SSSR count). The molecule has 4 nitrogen and oxygen atoms in total. The van der Waals surface area contributed by atoms with Gasteiger partial charge in [-0.05, 0) is 36.8 Å². The lowest BCUT2D eigenvalue weighted by atomic mass is 10.0. The van der Waals surface area contributed by atoms with Crippen molar-refractivity contribution in [1.82, 2.24) is 5.32 Å². The van der Waals surface area contributed by atoms with E-state index in [1.54, 1.807) is 18.2 Å². The third kappa shape index (κ3) is 5.70. The van der Waals surface area contributed by atoms with Gasteiger partial charge in [-0.15, -0.1) is 0 Å². The Hall–Kier alpha value is -2.70. The monoisotopic (exact) mass is 353 g/mol. The van der Waals surface area contributed by atoms with Gasteiger partial charge in [-0.25, -0.2) is 4.39 Å². The van der Waals surface area contributed by atoms with Gasteiger partial charge in [-0.3, -0.25) is 4.79 Å². The summed E-state index contributed by atoms with van der Waals surface area (Å²) in [7, 11) is 0. The van der Waals surface area contributed by atoms with E-state index < -0.39 is 24.4 Å². The average Bonchev–Trinajstić information content (AvgIpc) is 2.59. The van der Waals surface area contributed by atoms with Crippen LogP contribution in [0.5, 0.6) is 11.5 Å². The van der Waals surface area contributed by atoms with E-state index in [1.807, 2.05) is 6.92 Å². The van der Waals surface area contributed by atoms with Gasteiger partial charge in [0.2, 0.25) is 0 Å². The average molecular weight is 353 g/mol. The lowest BCUT2D eigenvalue weighted by molar-refractivity contribution is -0.123. The number of carbonyl (C=O) groups is 1. The molecule has 1 atom stereocenters. The second-order valence-corrected chi connectivity index (χ2v) is 5.19. The van der Waals surface area contributed by atoms with E-state index in [2.05, 4.69) is 10.1 Å². The number of benzene rings is 2. The van der Waals surface area contributed by atoms with E-state index in [-0.39, 0.29) is 12.4 Å². The van der Waals surface area contributed by atoms with E-state index >= 15 is 0 Å². The number of para-hydroxylation sites is 1. The molecule has 0 aliphatic rings. The van der Waals surface area contributed by atoms with Gasteiger partial charge in [0, 0.05) is 5.56 Å². The fourth-order valence-corrected chi connectivity index (χ4v) is 2.29. The normalized spacial score (nSPS) is 11.9. The lowest BCUT2D eigenvalue weighted by Crippen LogP contribution is -2.32. The first-order valence-corrected chi connectivity index (χ1v) is 7.71. The molecule has 0 radical (unpaired) electrons. The zero-order valence-corrected chi connectivity index (χ0v) is 13.5. The van der Waals surface area contributed by atoms with Crippen LogP contribution in [0.25, 0.3) is 0 Å². The van der Waals surface area contributed by atoms with Crippen LogP contribution in [0.4, 0.5) is 13.2 Å². The Morgan fingerprint density at radius 1 is 1.12 bits per heavy atom. The Kier molecular flexibility index (Phi) is 6.68. The van der Waals surface area contributed by atoms with E-state index in [4.69, 9.17) is 4.74 Å². The first kappa shape index (κ1) is 18.6. The van der Waals surface area contributed by atoms with Gasteiger partial charge in [0.05, 0.1) is 6.04 Å². The van der Waals surface area contributed by atoms with Crippen LogP contribution in [-0.4, -0.2) is 19.1 Å². The van der Waals surface area contributed by atoms with Crippen molar-refractivity contribution in [3.05, 3.63) is 59.9 Å². The van der Waals surface area contributed by atoms with Crippen LogP contribution in [0.1, 0.15) is 24.9 Å². The Labute approximate surface area is 143 Å². The molecule has 0 aliphatic heterocycles. The summed E-state index contributed by atoms with van der Waals surface area (Å²) in [6.07, 6.45) is 0.478. The zero-order chi connectivity index (χ0) is 18.2. The number of nitrogens with one attached hydrogen (secondary N) is 1. The van der Waals surface area contributed by atoms with Gasteiger partial charge >= 0.3 is 6.61 Å². The Morgan fingerprint density at radius 2 is 1.80 bits per heavy atom. The largest absolute Gasteiger partial charge is 0.484 e. The van der Waals surface area contributed by atoms with Crippen molar-refractivity contribution >= 4 is 5.91 Å². The molecule has 0 heterocycles. The second-order valence-electron chi connectivity index (χ2n) is 5.19. The smallest absolute Gasteiger partial charge is 0.387 e. The minimum Gasteiger partial charge on any atom is -0.484 e. The molecule has 0 saturated carbocycles. The van der Waals surface area contributed by atoms with Gasteiger partial charge in [-0.1, -0.05) is 25.1 Å². The summed E-state index contributed by atoms with van der Waals surface area (Å²) in [5, 5.41) is 2.72. The predicted molar refractivity (Wildman–Crippen MR) is 86.1 cm³/mol. The fourth-order valence-electron chi connectivity index (χ4n) is 2.29. The molecule has 1 N–H and O–H groups in total. The quantitative estimate of drug-likeness (QED) is 0.778. The second kappa shape index (κ2) is 8.96. The van der Waals surface area contributed by atoms with E-state index in [9.17, 15) is 18.0 Å². The molecule has 0 saturated heterocycles. The number of carbonyl (C=O) groups excluding carboxylic acids is 1. The molecule has 2 aromatic carbocycles. The van der Waals surface area contributed by atoms with Crippen molar-refractivity contribution in [3.63, 3.8) is 0 Å². The summed E-state index contributed by atoms with van der Waals surface area (Å²) in [5.41, 5.74) is 0.459. The van der Waals surface area contributed by atoms with Gasteiger partial charge in [0.1, 0.15) is 17.3 Å². The number of hydrogen-bond acceptors (Lipinski definition) is 3. The van der Waals surface area contributed by atoms with Crippen LogP contribution < -0.4 is 14.8 Å². The molecule has 2 aromatic rings. The molecule has 0 bridgehead atoms. The Bertz CT molecular complexity index is 692. The highest BCUT2D eigenvalue weighted by atomic mass is 19.3. The summed E-state index contributed by atoms with van der Waals surface area (Å²) in [4.78, 5) is 12.1. The van der Waals surface area contributed by atoms with Crippen molar-refractivity contribution < 1.29 is 27.4 Å². The van der Waals surface area contributed by atoms with Crippen molar-refractivity contribution in [2.45, 2.75) is 26.0 Å². The van der Waals surface area contributed by atoms with Gasteiger partial charge in [0.25, 0.3) is 5.91 Å². The first-order chi connectivity index (χ1) is 12.0. The van der Waals surface area contributed by atoms with Crippen LogP contribution in [0.2, 0.25) is 0 Å². The van der Waals surface area contributed by atoms with Crippen LogP contribution in [0, 0.1) is 5.82 Å². The summed E-state index contributed by atoms with van der Waals surface area (Å²) in [6, 6.07) is 11.1. The van der Waals surface area contributed by atoms with Crippen LogP contribution >= 0.6 is 0 Å². The highest BCUT2D eigenvalue weighted by Crippen LogP contribution is 2.28. The van der Waals surface area contributed by atoms with Crippen LogP contribution in [0.3, 0.4) is 0 Å².